The molecule has 0 radical (unpaired) electrons. The minimum Gasteiger partial charge on any atom is -0.444 e. The molecule has 39 heavy (non-hydrogen) atoms. The number of ether oxygens (including phenoxy) is 1. The molecule has 3 N–H and O–H groups in total. The number of alkyl carbamates (subject to hydrolysis) is 1. The lowest BCUT2D eigenvalue weighted by molar-refractivity contribution is 0.0408. The zero-order chi connectivity index (χ0) is 29.0. The fourth-order valence-electron chi connectivity index (χ4n) is 5.19. The summed E-state index contributed by atoms with van der Waals surface area (Å²) in [6, 6.07) is 7.40. The van der Waals surface area contributed by atoms with Crippen molar-refractivity contribution >= 4 is 6.09 Å². The van der Waals surface area contributed by atoms with Gasteiger partial charge in [-0.25, -0.2) is 18.0 Å². The van der Waals surface area contributed by atoms with Gasteiger partial charge in [-0.15, -0.1) is 0 Å². The van der Waals surface area contributed by atoms with E-state index in [2.05, 4.69) is 10.6 Å². The average molecular weight is 549 g/mol. The van der Waals surface area contributed by atoms with Crippen LogP contribution in [0.2, 0.25) is 0 Å². The van der Waals surface area contributed by atoms with Gasteiger partial charge in [-0.3, -0.25) is 0 Å². The topological polar surface area (TPSA) is 70.6 Å². The summed E-state index contributed by atoms with van der Waals surface area (Å²) < 4.78 is 47.9. The SMILES string of the molecule is CC(C)(C)OC(=O)NC(Cc1cc(F)cc(F)c1)C(O)CNC1(c2cc(F)cc(C(C)(C)C)c2)CCCCC1. The summed E-state index contributed by atoms with van der Waals surface area (Å²) in [4.78, 5) is 12.6. The maximum Gasteiger partial charge on any atom is 0.407 e. The van der Waals surface area contributed by atoms with E-state index in [1.165, 1.54) is 12.1 Å². The van der Waals surface area contributed by atoms with Gasteiger partial charge in [0, 0.05) is 18.2 Å². The summed E-state index contributed by atoms with van der Waals surface area (Å²) >= 11 is 0. The van der Waals surface area contributed by atoms with Gasteiger partial charge in [-0.2, -0.15) is 0 Å². The number of hydrogen-bond acceptors (Lipinski definition) is 4. The third kappa shape index (κ3) is 8.97. The fraction of sp³-hybridized carbons (Fsp3) is 0.581. The van der Waals surface area contributed by atoms with Crippen LogP contribution in [0.15, 0.2) is 36.4 Å². The molecule has 2 unspecified atom stereocenters. The van der Waals surface area contributed by atoms with Crippen LogP contribution < -0.4 is 10.6 Å². The molecule has 2 atom stereocenters. The number of nitrogens with one attached hydrogen (secondary N) is 2. The Kier molecular flexibility index (Phi) is 9.76. The van der Waals surface area contributed by atoms with E-state index in [1.807, 2.05) is 26.8 Å². The van der Waals surface area contributed by atoms with Gasteiger partial charge in [0.2, 0.25) is 0 Å². The molecule has 5 nitrogen and oxygen atoms in total. The largest absolute Gasteiger partial charge is 0.444 e. The van der Waals surface area contributed by atoms with Crippen molar-refractivity contribution in [3.63, 3.8) is 0 Å². The molecule has 2 aromatic carbocycles. The number of aliphatic hydroxyl groups is 1. The van der Waals surface area contributed by atoms with Crippen molar-refractivity contribution in [3.8, 4) is 0 Å². The lowest BCUT2D eigenvalue weighted by Crippen LogP contribution is -2.54. The number of carbonyl (C=O) groups excluding carboxylic acids is 1. The standard InChI is InChI=1S/C31H43F3N2O3/c1-29(2,3)21-15-22(17-25(34)16-21)31(10-8-7-9-11-31)35-19-27(37)26(36-28(38)39-30(4,5)6)14-20-12-23(32)18-24(33)13-20/h12-13,15-18,26-27,35,37H,7-11,14,19H2,1-6H3,(H,36,38). The molecule has 1 amide bonds. The first-order valence-electron chi connectivity index (χ1n) is 13.8. The van der Waals surface area contributed by atoms with Crippen LogP contribution in [0.5, 0.6) is 0 Å². The number of hydrogen-bond donors (Lipinski definition) is 3. The fourth-order valence-corrected chi connectivity index (χ4v) is 5.19. The molecule has 0 aliphatic heterocycles. The van der Waals surface area contributed by atoms with Crippen molar-refractivity contribution in [2.45, 2.75) is 109 Å². The Balaban J connectivity index is 1.87. The normalized spacial score (nSPS) is 17.4. The smallest absolute Gasteiger partial charge is 0.407 e. The summed E-state index contributed by atoms with van der Waals surface area (Å²) in [7, 11) is 0. The first-order valence-corrected chi connectivity index (χ1v) is 13.8. The molecular weight excluding hydrogens is 505 g/mol. The van der Waals surface area contributed by atoms with Crippen molar-refractivity contribution in [2.24, 2.45) is 0 Å². The average Bonchev–Trinajstić information content (AvgIpc) is 2.80. The quantitative estimate of drug-likeness (QED) is 0.346. The first-order chi connectivity index (χ1) is 18.1. The number of halogens is 3. The molecule has 0 spiro atoms. The Morgan fingerprint density at radius 3 is 2.08 bits per heavy atom. The number of rotatable bonds is 8. The molecule has 0 bridgehead atoms. The molecule has 3 rings (SSSR count). The van der Waals surface area contributed by atoms with Crippen molar-refractivity contribution in [2.75, 3.05) is 6.54 Å². The Hall–Kier alpha value is -2.58. The van der Waals surface area contributed by atoms with E-state index in [-0.39, 0.29) is 24.2 Å². The van der Waals surface area contributed by atoms with E-state index in [0.717, 1.165) is 49.3 Å². The molecule has 216 valence electrons. The summed E-state index contributed by atoms with van der Waals surface area (Å²) in [5.74, 6) is -1.78. The highest BCUT2D eigenvalue weighted by atomic mass is 19.1. The third-order valence-corrected chi connectivity index (χ3v) is 7.22. The highest BCUT2D eigenvalue weighted by Crippen LogP contribution is 2.39. The molecule has 1 fully saturated rings. The first kappa shape index (κ1) is 31.0. The predicted octanol–water partition coefficient (Wildman–Crippen LogP) is 6.65. The van der Waals surface area contributed by atoms with Crippen LogP contribution in [0.4, 0.5) is 18.0 Å². The second-order valence-electron chi connectivity index (χ2n) is 12.8. The van der Waals surface area contributed by atoms with Crippen LogP contribution in [0, 0.1) is 17.5 Å². The van der Waals surface area contributed by atoms with Crippen LogP contribution >= 0.6 is 0 Å². The maximum atomic E-state index is 14.8. The van der Waals surface area contributed by atoms with Gasteiger partial charge in [0.25, 0.3) is 0 Å². The summed E-state index contributed by atoms with van der Waals surface area (Å²) in [5, 5.41) is 17.5. The van der Waals surface area contributed by atoms with Gasteiger partial charge < -0.3 is 20.5 Å². The molecule has 1 aliphatic carbocycles. The number of carbonyl (C=O) groups is 1. The lowest BCUT2D eigenvalue weighted by Gasteiger charge is -2.41. The summed E-state index contributed by atoms with van der Waals surface area (Å²) in [6.45, 7) is 11.4. The highest BCUT2D eigenvalue weighted by molar-refractivity contribution is 5.68. The molecule has 1 aliphatic rings. The third-order valence-electron chi connectivity index (χ3n) is 7.22. The van der Waals surface area contributed by atoms with Crippen LogP contribution in [-0.4, -0.2) is 35.5 Å². The van der Waals surface area contributed by atoms with Crippen LogP contribution in [0.25, 0.3) is 0 Å². The zero-order valence-electron chi connectivity index (χ0n) is 24.0. The number of benzene rings is 2. The lowest BCUT2D eigenvalue weighted by atomic mass is 9.74. The maximum absolute atomic E-state index is 14.8. The molecular formula is C31H43F3N2O3. The molecule has 0 heterocycles. The van der Waals surface area contributed by atoms with E-state index in [0.29, 0.717) is 5.56 Å². The molecule has 0 aromatic heterocycles. The summed E-state index contributed by atoms with van der Waals surface area (Å²) in [6.07, 6.45) is 2.63. The Bertz CT molecular complexity index is 1110. The van der Waals surface area contributed by atoms with Crippen LogP contribution in [0.3, 0.4) is 0 Å². The van der Waals surface area contributed by atoms with E-state index < -0.39 is 41.0 Å². The summed E-state index contributed by atoms with van der Waals surface area (Å²) in [5.41, 5.74) is 0.458. The van der Waals surface area contributed by atoms with Gasteiger partial charge in [0.1, 0.15) is 23.1 Å². The number of amides is 1. The minimum atomic E-state index is -1.13. The van der Waals surface area contributed by atoms with Crippen molar-refractivity contribution in [3.05, 3.63) is 70.5 Å². The monoisotopic (exact) mass is 548 g/mol. The second kappa shape index (κ2) is 12.3. The van der Waals surface area contributed by atoms with E-state index >= 15 is 0 Å². The van der Waals surface area contributed by atoms with Gasteiger partial charge in [-0.05, 0) is 86.4 Å². The second-order valence-corrected chi connectivity index (χ2v) is 12.8. The Morgan fingerprint density at radius 2 is 1.51 bits per heavy atom. The van der Waals surface area contributed by atoms with Crippen molar-refractivity contribution < 1.29 is 27.8 Å². The van der Waals surface area contributed by atoms with E-state index in [1.54, 1.807) is 32.9 Å². The number of aliphatic hydroxyl groups excluding tert-OH is 1. The van der Waals surface area contributed by atoms with E-state index in [4.69, 9.17) is 4.74 Å². The highest BCUT2D eigenvalue weighted by Gasteiger charge is 2.36. The Labute approximate surface area is 230 Å². The van der Waals surface area contributed by atoms with Gasteiger partial charge in [0.05, 0.1) is 12.1 Å². The molecule has 1 saturated carbocycles. The van der Waals surface area contributed by atoms with Crippen LogP contribution in [0.1, 0.15) is 90.3 Å². The van der Waals surface area contributed by atoms with Gasteiger partial charge >= 0.3 is 6.09 Å². The van der Waals surface area contributed by atoms with Gasteiger partial charge in [0.15, 0.2) is 0 Å². The molecule has 2 aromatic rings. The zero-order valence-corrected chi connectivity index (χ0v) is 24.0. The van der Waals surface area contributed by atoms with Crippen molar-refractivity contribution in [1.82, 2.24) is 10.6 Å². The van der Waals surface area contributed by atoms with Gasteiger partial charge in [-0.1, -0.05) is 46.1 Å². The Morgan fingerprint density at radius 1 is 0.923 bits per heavy atom. The van der Waals surface area contributed by atoms with Crippen LogP contribution in [-0.2, 0) is 22.1 Å². The predicted molar refractivity (Wildman–Crippen MR) is 147 cm³/mol. The molecule has 0 saturated heterocycles. The minimum absolute atomic E-state index is 0.0160. The molecule has 8 heteroatoms. The van der Waals surface area contributed by atoms with E-state index in [9.17, 15) is 23.1 Å². The van der Waals surface area contributed by atoms with Crippen molar-refractivity contribution in [1.29, 1.82) is 0 Å².